The summed E-state index contributed by atoms with van der Waals surface area (Å²) >= 11 is 0. The topological polar surface area (TPSA) is 30.9 Å². The molecule has 1 aliphatic heterocycles. The van der Waals surface area contributed by atoms with E-state index < -0.39 is 0 Å². The van der Waals surface area contributed by atoms with E-state index in [-0.39, 0.29) is 5.60 Å². The van der Waals surface area contributed by atoms with Gasteiger partial charge in [0.1, 0.15) is 0 Å². The van der Waals surface area contributed by atoms with E-state index in [9.17, 15) is 0 Å². The lowest BCUT2D eigenvalue weighted by atomic mass is 10.2. The Balaban J connectivity index is 1.95. The second kappa shape index (κ2) is 10.6. The molecule has 0 amide bonds. The highest BCUT2D eigenvalue weighted by Gasteiger charge is 2.22. The maximum atomic E-state index is 5.95. The smallest absolute Gasteiger partial charge is 0.0714 e. The summed E-state index contributed by atoms with van der Waals surface area (Å²) in [6.45, 7) is 17.4. The lowest BCUT2D eigenvalue weighted by Gasteiger charge is -2.21. The lowest BCUT2D eigenvalue weighted by Crippen LogP contribution is -2.27. The SMILES string of the molecule is CC(C)COCCCOC1CCN(CCCOC(C)(C)C)C1. The van der Waals surface area contributed by atoms with Gasteiger partial charge in [-0.3, -0.25) is 0 Å². The summed E-state index contributed by atoms with van der Waals surface area (Å²) in [4.78, 5) is 2.49. The molecule has 4 nitrogen and oxygen atoms in total. The number of hydrogen-bond acceptors (Lipinski definition) is 4. The molecule has 0 aromatic rings. The van der Waals surface area contributed by atoms with Crippen LogP contribution in [0, 0.1) is 5.92 Å². The van der Waals surface area contributed by atoms with Crippen LogP contribution < -0.4 is 0 Å². The molecule has 0 radical (unpaired) electrons. The molecule has 0 spiro atoms. The van der Waals surface area contributed by atoms with Gasteiger partial charge in [-0.1, -0.05) is 13.8 Å². The fourth-order valence-electron chi connectivity index (χ4n) is 2.53. The number of hydrogen-bond donors (Lipinski definition) is 0. The van der Waals surface area contributed by atoms with E-state index in [1.165, 1.54) is 0 Å². The molecule has 132 valence electrons. The van der Waals surface area contributed by atoms with Crippen LogP contribution >= 0.6 is 0 Å². The molecule has 0 aromatic heterocycles. The van der Waals surface area contributed by atoms with Gasteiger partial charge in [0.05, 0.1) is 11.7 Å². The molecule has 1 rings (SSSR count). The predicted octanol–water partition coefficient (Wildman–Crippen LogP) is 3.35. The molecule has 4 heteroatoms. The second-order valence-electron chi connectivity index (χ2n) is 7.72. The third-order valence-electron chi connectivity index (χ3n) is 3.62. The Morgan fingerprint density at radius 3 is 2.55 bits per heavy atom. The molecule has 22 heavy (non-hydrogen) atoms. The molecule has 1 atom stereocenters. The van der Waals surface area contributed by atoms with Crippen LogP contribution in [0.2, 0.25) is 0 Å². The third kappa shape index (κ3) is 10.5. The zero-order valence-corrected chi connectivity index (χ0v) is 15.4. The molecule has 1 saturated heterocycles. The zero-order valence-electron chi connectivity index (χ0n) is 15.4. The highest BCUT2D eigenvalue weighted by atomic mass is 16.5. The van der Waals surface area contributed by atoms with Crippen LogP contribution in [-0.4, -0.2) is 62.7 Å². The minimum Gasteiger partial charge on any atom is -0.381 e. The Morgan fingerprint density at radius 2 is 1.86 bits per heavy atom. The van der Waals surface area contributed by atoms with E-state index in [4.69, 9.17) is 14.2 Å². The van der Waals surface area contributed by atoms with Gasteiger partial charge in [-0.05, 0) is 46.0 Å². The van der Waals surface area contributed by atoms with Gasteiger partial charge in [0.25, 0.3) is 0 Å². The fraction of sp³-hybridized carbons (Fsp3) is 1.00. The van der Waals surface area contributed by atoms with E-state index in [2.05, 4.69) is 39.5 Å². The molecule has 0 aliphatic carbocycles. The van der Waals surface area contributed by atoms with Crippen molar-refractivity contribution in [3.63, 3.8) is 0 Å². The minimum atomic E-state index is -0.0195. The van der Waals surface area contributed by atoms with Crippen LogP contribution in [0.4, 0.5) is 0 Å². The van der Waals surface area contributed by atoms with Crippen molar-refractivity contribution in [1.82, 2.24) is 4.90 Å². The van der Waals surface area contributed by atoms with Gasteiger partial charge >= 0.3 is 0 Å². The third-order valence-corrected chi connectivity index (χ3v) is 3.62. The van der Waals surface area contributed by atoms with Crippen molar-refractivity contribution in [3.8, 4) is 0 Å². The van der Waals surface area contributed by atoms with Crippen molar-refractivity contribution < 1.29 is 14.2 Å². The van der Waals surface area contributed by atoms with Crippen LogP contribution in [0.5, 0.6) is 0 Å². The first-order chi connectivity index (χ1) is 10.4. The summed E-state index contributed by atoms with van der Waals surface area (Å²) in [5, 5.41) is 0. The van der Waals surface area contributed by atoms with Crippen molar-refractivity contribution in [2.45, 2.75) is 65.6 Å². The quantitative estimate of drug-likeness (QED) is 0.547. The highest BCUT2D eigenvalue weighted by Crippen LogP contribution is 2.14. The molecular formula is C18H37NO3. The van der Waals surface area contributed by atoms with E-state index in [0.29, 0.717) is 12.0 Å². The van der Waals surface area contributed by atoms with Crippen molar-refractivity contribution in [1.29, 1.82) is 0 Å². The Labute approximate surface area is 137 Å². The van der Waals surface area contributed by atoms with Crippen molar-refractivity contribution >= 4 is 0 Å². The van der Waals surface area contributed by atoms with E-state index in [1.807, 2.05) is 0 Å². The van der Waals surface area contributed by atoms with Crippen LogP contribution in [0.1, 0.15) is 53.9 Å². The highest BCUT2D eigenvalue weighted by molar-refractivity contribution is 4.76. The van der Waals surface area contributed by atoms with Crippen molar-refractivity contribution in [3.05, 3.63) is 0 Å². The molecule has 1 heterocycles. The van der Waals surface area contributed by atoms with E-state index >= 15 is 0 Å². The van der Waals surface area contributed by atoms with Gasteiger partial charge in [0, 0.05) is 46.1 Å². The van der Waals surface area contributed by atoms with E-state index in [1.54, 1.807) is 0 Å². The Morgan fingerprint density at radius 1 is 1.09 bits per heavy atom. The summed E-state index contributed by atoms with van der Waals surface area (Å²) in [5.41, 5.74) is -0.0195. The Bertz CT molecular complexity index is 276. The van der Waals surface area contributed by atoms with Gasteiger partial charge in [-0.2, -0.15) is 0 Å². The van der Waals surface area contributed by atoms with Crippen LogP contribution in [0.15, 0.2) is 0 Å². The fourth-order valence-corrected chi connectivity index (χ4v) is 2.53. The maximum Gasteiger partial charge on any atom is 0.0714 e. The minimum absolute atomic E-state index is 0.0195. The summed E-state index contributed by atoms with van der Waals surface area (Å²) in [5.74, 6) is 0.617. The van der Waals surface area contributed by atoms with Crippen LogP contribution in [0.25, 0.3) is 0 Å². The average molecular weight is 315 g/mol. The second-order valence-corrected chi connectivity index (χ2v) is 7.72. The van der Waals surface area contributed by atoms with Gasteiger partial charge in [-0.15, -0.1) is 0 Å². The maximum absolute atomic E-state index is 5.95. The first-order valence-corrected chi connectivity index (χ1v) is 8.92. The molecule has 0 aromatic carbocycles. The van der Waals surface area contributed by atoms with Gasteiger partial charge in [-0.25, -0.2) is 0 Å². The molecular weight excluding hydrogens is 278 g/mol. The molecule has 1 fully saturated rings. The normalized spacial score (nSPS) is 20.2. The number of nitrogens with zero attached hydrogens (tertiary/aromatic N) is 1. The summed E-state index contributed by atoms with van der Waals surface area (Å²) in [6, 6.07) is 0. The molecule has 1 unspecified atom stereocenters. The lowest BCUT2D eigenvalue weighted by molar-refractivity contribution is -0.00725. The molecule has 1 aliphatic rings. The summed E-state index contributed by atoms with van der Waals surface area (Å²) in [7, 11) is 0. The number of rotatable bonds is 11. The molecule has 0 saturated carbocycles. The molecule has 0 N–H and O–H groups in total. The standard InChI is InChI=1S/C18H37NO3/c1-16(2)15-20-11-7-12-21-17-8-10-19(14-17)9-6-13-22-18(3,4)5/h16-17H,6-15H2,1-5H3. The van der Waals surface area contributed by atoms with Gasteiger partial charge < -0.3 is 19.1 Å². The summed E-state index contributed by atoms with van der Waals surface area (Å²) in [6.07, 6.45) is 3.68. The average Bonchev–Trinajstić information content (AvgIpc) is 2.85. The van der Waals surface area contributed by atoms with Crippen molar-refractivity contribution in [2.24, 2.45) is 5.92 Å². The monoisotopic (exact) mass is 315 g/mol. The molecule has 0 bridgehead atoms. The van der Waals surface area contributed by atoms with Crippen molar-refractivity contribution in [2.75, 3.05) is 46.1 Å². The predicted molar refractivity (Wildman–Crippen MR) is 91.4 cm³/mol. The van der Waals surface area contributed by atoms with Crippen LogP contribution in [0.3, 0.4) is 0 Å². The summed E-state index contributed by atoms with van der Waals surface area (Å²) < 4.78 is 17.3. The number of likely N-dealkylation sites (tertiary alicyclic amines) is 1. The largest absolute Gasteiger partial charge is 0.381 e. The van der Waals surface area contributed by atoms with Gasteiger partial charge in [0.15, 0.2) is 0 Å². The van der Waals surface area contributed by atoms with Gasteiger partial charge in [0.2, 0.25) is 0 Å². The first-order valence-electron chi connectivity index (χ1n) is 8.92. The number of ether oxygens (including phenoxy) is 3. The Hall–Kier alpha value is -0.160. The first kappa shape index (κ1) is 19.9. The van der Waals surface area contributed by atoms with E-state index in [0.717, 1.165) is 65.3 Å². The van der Waals surface area contributed by atoms with Crippen LogP contribution in [-0.2, 0) is 14.2 Å². The Kier molecular flexibility index (Phi) is 9.57. The zero-order chi connectivity index (χ0) is 16.4.